The van der Waals surface area contributed by atoms with E-state index in [-0.39, 0.29) is 21.7 Å². The Kier molecular flexibility index (Phi) is 15.2. The lowest BCUT2D eigenvalue weighted by molar-refractivity contribution is 0.445. The van der Waals surface area contributed by atoms with Crippen LogP contribution in [0.15, 0.2) is 126 Å². The lowest BCUT2D eigenvalue weighted by Crippen LogP contribution is -2.17. The van der Waals surface area contributed by atoms with Crippen LogP contribution in [0, 0.1) is 27.7 Å². The number of nitrogen functional groups attached to an aromatic ring is 1. The monoisotopic (exact) mass is 984 g/mol. The predicted octanol–water partition coefficient (Wildman–Crippen LogP) is 17.4. The van der Waals surface area contributed by atoms with Gasteiger partial charge in [0.05, 0.1) is 28.1 Å². The highest BCUT2D eigenvalue weighted by Gasteiger charge is 2.28. The van der Waals surface area contributed by atoms with E-state index in [1.165, 1.54) is 22.3 Å². The molecule has 0 saturated heterocycles. The number of hydrogen-bond acceptors (Lipinski definition) is 6. The number of hydrogen-bond donors (Lipinski definition) is 4. The molecule has 360 valence electrons. The summed E-state index contributed by atoms with van der Waals surface area (Å²) in [5.41, 5.74) is 22.2. The Morgan fingerprint density at radius 1 is 0.464 bits per heavy atom. The Morgan fingerprint density at radius 3 is 1.28 bits per heavy atom. The molecule has 0 bridgehead atoms. The SMILES string of the molecule is CC(C)(C)c1cc(-c2ccc3cccc(Br)c3n2)c(O)c(C(C)(C)C)c1.Cc1cccc(C)c1N.Cc1cccc(C)c1Nc1cccc2ccc(-c3cc(C(C)(C)C)cc(C(C)(C)C)c3O)nc12. The first kappa shape index (κ1) is 52.2. The van der Waals surface area contributed by atoms with Crippen LogP contribution in [0.4, 0.5) is 17.1 Å². The molecule has 2 heterocycles. The minimum absolute atomic E-state index is 0.0140. The van der Waals surface area contributed by atoms with E-state index in [2.05, 4.69) is 191 Å². The zero-order valence-electron chi connectivity index (χ0n) is 43.8. The molecule has 6 aromatic carbocycles. The molecule has 7 heteroatoms. The third kappa shape index (κ3) is 12.0. The molecule has 0 aliphatic heterocycles. The molecule has 0 aliphatic rings. The second-order valence-corrected chi connectivity index (χ2v) is 23.5. The van der Waals surface area contributed by atoms with Gasteiger partial charge in [0.2, 0.25) is 0 Å². The first-order chi connectivity index (χ1) is 32.1. The highest BCUT2D eigenvalue weighted by atomic mass is 79.9. The number of anilines is 3. The van der Waals surface area contributed by atoms with Gasteiger partial charge in [-0.3, -0.25) is 0 Å². The van der Waals surface area contributed by atoms with Gasteiger partial charge in [0.1, 0.15) is 11.5 Å². The van der Waals surface area contributed by atoms with Gasteiger partial charge in [0.25, 0.3) is 0 Å². The lowest BCUT2D eigenvalue weighted by atomic mass is 9.78. The Bertz CT molecular complexity index is 3120. The highest BCUT2D eigenvalue weighted by molar-refractivity contribution is 9.10. The maximum atomic E-state index is 11.4. The van der Waals surface area contributed by atoms with Gasteiger partial charge in [-0.15, -0.1) is 0 Å². The van der Waals surface area contributed by atoms with Crippen LogP contribution < -0.4 is 11.1 Å². The minimum atomic E-state index is -0.188. The third-order valence-electron chi connectivity index (χ3n) is 12.8. The number of nitrogens with one attached hydrogen (secondary N) is 1. The van der Waals surface area contributed by atoms with Crippen molar-refractivity contribution in [3.8, 4) is 34.0 Å². The zero-order chi connectivity index (χ0) is 51.0. The summed E-state index contributed by atoms with van der Waals surface area (Å²) in [6.07, 6.45) is 0. The van der Waals surface area contributed by atoms with Crippen molar-refractivity contribution in [2.24, 2.45) is 0 Å². The molecule has 0 amide bonds. The number of para-hydroxylation sites is 4. The fourth-order valence-corrected chi connectivity index (χ4v) is 8.77. The van der Waals surface area contributed by atoms with E-state index < -0.39 is 0 Å². The first-order valence-corrected chi connectivity index (χ1v) is 24.7. The van der Waals surface area contributed by atoms with Gasteiger partial charge in [-0.05, 0) is 135 Å². The van der Waals surface area contributed by atoms with Crippen LogP contribution >= 0.6 is 15.9 Å². The molecule has 0 radical (unpaired) electrons. The Hall–Kier alpha value is -6.18. The largest absolute Gasteiger partial charge is 0.507 e. The number of pyridine rings is 2. The van der Waals surface area contributed by atoms with E-state index in [1.54, 1.807) is 0 Å². The maximum Gasteiger partial charge on any atom is 0.128 e. The second-order valence-electron chi connectivity index (χ2n) is 22.6. The van der Waals surface area contributed by atoms with Crippen molar-refractivity contribution in [1.82, 2.24) is 9.97 Å². The summed E-state index contributed by atoms with van der Waals surface area (Å²) in [4.78, 5) is 9.93. The summed E-state index contributed by atoms with van der Waals surface area (Å²) in [6.45, 7) is 34.3. The molecule has 0 atom stereocenters. The van der Waals surface area contributed by atoms with E-state index in [0.717, 1.165) is 88.1 Å². The smallest absolute Gasteiger partial charge is 0.128 e. The number of phenols is 2. The molecule has 0 fully saturated rings. The van der Waals surface area contributed by atoms with Crippen LogP contribution in [-0.4, -0.2) is 20.2 Å². The molecule has 0 aliphatic carbocycles. The molecule has 6 nitrogen and oxygen atoms in total. The molecule has 8 rings (SSSR count). The number of aromatic nitrogens is 2. The molecule has 0 spiro atoms. The van der Waals surface area contributed by atoms with E-state index >= 15 is 0 Å². The summed E-state index contributed by atoms with van der Waals surface area (Å²) in [7, 11) is 0. The summed E-state index contributed by atoms with van der Waals surface area (Å²) >= 11 is 3.59. The maximum absolute atomic E-state index is 11.4. The van der Waals surface area contributed by atoms with Crippen molar-refractivity contribution < 1.29 is 10.2 Å². The van der Waals surface area contributed by atoms with Crippen molar-refractivity contribution in [3.05, 3.63) is 170 Å². The molecular formula is C62H73BrN4O2. The van der Waals surface area contributed by atoms with Gasteiger partial charge in [-0.1, -0.05) is 168 Å². The summed E-state index contributed by atoms with van der Waals surface area (Å²) in [5, 5.41) is 28.2. The molecular weight excluding hydrogens is 913 g/mol. The number of nitrogens with zero attached hydrogens (tertiary/aromatic N) is 2. The number of benzene rings is 6. The van der Waals surface area contributed by atoms with Gasteiger partial charge in [-0.2, -0.15) is 0 Å². The number of phenolic OH excluding ortho intramolecular Hbond substituents is 2. The Balaban J connectivity index is 0.000000196. The predicted molar refractivity (Wildman–Crippen MR) is 300 cm³/mol. The Morgan fingerprint density at radius 2 is 0.855 bits per heavy atom. The first-order valence-electron chi connectivity index (χ1n) is 23.9. The normalized spacial score (nSPS) is 12.0. The molecule has 69 heavy (non-hydrogen) atoms. The van der Waals surface area contributed by atoms with Gasteiger partial charge >= 0.3 is 0 Å². The van der Waals surface area contributed by atoms with Crippen LogP contribution in [0.5, 0.6) is 11.5 Å². The van der Waals surface area contributed by atoms with E-state index in [9.17, 15) is 10.2 Å². The van der Waals surface area contributed by atoms with Gasteiger partial charge in [0, 0.05) is 48.9 Å². The topological polar surface area (TPSA) is 104 Å². The highest BCUT2D eigenvalue weighted by Crippen LogP contribution is 2.44. The number of aryl methyl sites for hydroxylation is 4. The quantitative estimate of drug-likeness (QED) is 0.131. The number of fused-ring (bicyclic) bond motifs is 2. The molecule has 2 aromatic heterocycles. The molecule has 5 N–H and O–H groups in total. The van der Waals surface area contributed by atoms with Crippen LogP contribution in [-0.2, 0) is 21.7 Å². The molecule has 0 saturated carbocycles. The van der Waals surface area contributed by atoms with Crippen molar-refractivity contribution in [2.45, 2.75) is 132 Å². The fourth-order valence-electron chi connectivity index (χ4n) is 8.30. The number of aromatic hydroxyl groups is 2. The van der Waals surface area contributed by atoms with E-state index in [1.807, 2.05) is 62.4 Å². The van der Waals surface area contributed by atoms with Crippen molar-refractivity contribution >= 4 is 54.8 Å². The van der Waals surface area contributed by atoms with Crippen LogP contribution in [0.25, 0.3) is 44.3 Å². The zero-order valence-corrected chi connectivity index (χ0v) is 45.4. The van der Waals surface area contributed by atoms with Crippen molar-refractivity contribution in [3.63, 3.8) is 0 Å². The lowest BCUT2D eigenvalue weighted by Gasteiger charge is -2.27. The molecule has 8 aromatic rings. The Labute approximate surface area is 420 Å². The number of rotatable bonds is 4. The van der Waals surface area contributed by atoms with Crippen LogP contribution in [0.2, 0.25) is 0 Å². The number of nitrogens with two attached hydrogens (primary N) is 1. The van der Waals surface area contributed by atoms with Crippen LogP contribution in [0.1, 0.15) is 128 Å². The van der Waals surface area contributed by atoms with E-state index in [0.29, 0.717) is 11.5 Å². The van der Waals surface area contributed by atoms with Gasteiger partial charge in [-0.25, -0.2) is 9.97 Å². The standard InChI is InChI=1S/C31H36N2O.C23H26BrNO.C8H11N/c1-19-11-9-12-20(2)27(19)33-26-14-10-13-21-15-16-25(32-28(21)26)23-17-22(30(3,4)5)18-24(29(23)34)31(6,7)8;1-22(2,3)15-12-16(21(26)17(13-15)23(4,5)6)19-11-10-14-8-7-9-18(24)20(14)25-19;1-6-4-3-5-7(2)8(6)9/h9-18,33-34H,1-8H3;7-13,26H,1-6H3;3-5H,9H2,1-2H3. The summed E-state index contributed by atoms with van der Waals surface area (Å²) < 4.78 is 0.958. The molecule has 0 unspecified atom stereocenters. The van der Waals surface area contributed by atoms with Gasteiger partial charge < -0.3 is 21.3 Å². The minimum Gasteiger partial charge on any atom is -0.507 e. The van der Waals surface area contributed by atoms with E-state index in [4.69, 9.17) is 15.7 Å². The van der Waals surface area contributed by atoms with Crippen molar-refractivity contribution in [1.29, 1.82) is 0 Å². The average Bonchev–Trinajstić information content (AvgIpc) is 3.26. The second kappa shape index (κ2) is 20.0. The third-order valence-corrected chi connectivity index (χ3v) is 13.4. The van der Waals surface area contributed by atoms with Crippen molar-refractivity contribution in [2.75, 3.05) is 11.1 Å². The number of halogens is 1. The van der Waals surface area contributed by atoms with Gasteiger partial charge in [0.15, 0.2) is 0 Å². The summed E-state index contributed by atoms with van der Waals surface area (Å²) in [6, 6.07) is 41.2. The average molecular weight is 986 g/mol. The van der Waals surface area contributed by atoms with Crippen LogP contribution in [0.3, 0.4) is 0 Å². The summed E-state index contributed by atoms with van der Waals surface area (Å²) in [5.74, 6) is 0.636. The fraction of sp³-hybridized carbons (Fsp3) is 0.323.